The lowest BCUT2D eigenvalue weighted by atomic mass is 10.1. The third-order valence-electron chi connectivity index (χ3n) is 3.94. The Balaban J connectivity index is 1.55. The van der Waals surface area contributed by atoms with Crippen LogP contribution in [0, 0.1) is 0 Å². The van der Waals surface area contributed by atoms with Crippen LogP contribution in [0.3, 0.4) is 0 Å². The Labute approximate surface area is 146 Å². The maximum atomic E-state index is 12.2. The van der Waals surface area contributed by atoms with Gasteiger partial charge in [0, 0.05) is 5.56 Å². The number of hydrazine groups is 1. The minimum absolute atomic E-state index is 0.115. The van der Waals surface area contributed by atoms with Crippen molar-refractivity contribution in [3.05, 3.63) is 65.7 Å². The molecule has 25 heavy (non-hydrogen) atoms. The van der Waals surface area contributed by atoms with Gasteiger partial charge in [0.15, 0.2) is 6.29 Å². The van der Waals surface area contributed by atoms with Gasteiger partial charge in [-0.05, 0) is 31.0 Å². The Morgan fingerprint density at radius 3 is 2.56 bits per heavy atom. The first-order chi connectivity index (χ1) is 12.1. The second kappa shape index (κ2) is 7.78. The molecular weight excluding hydrogens is 318 g/mol. The summed E-state index contributed by atoms with van der Waals surface area (Å²) in [5, 5.41) is 16.9. The molecule has 1 fully saturated rings. The predicted molar refractivity (Wildman–Crippen MR) is 95.6 cm³/mol. The second-order valence-electron chi connectivity index (χ2n) is 5.82. The number of hydrazone groups is 1. The molecule has 2 aromatic carbocycles. The molecule has 1 aliphatic heterocycles. The van der Waals surface area contributed by atoms with Crippen molar-refractivity contribution in [3.8, 4) is 5.75 Å². The van der Waals surface area contributed by atoms with Gasteiger partial charge in [-0.3, -0.25) is 10.2 Å². The number of benzene rings is 2. The number of aromatic hydroxyl groups is 1. The van der Waals surface area contributed by atoms with E-state index in [9.17, 15) is 9.90 Å². The van der Waals surface area contributed by atoms with Gasteiger partial charge in [-0.15, -0.1) is 0 Å². The molecule has 3 rings (SSSR count). The van der Waals surface area contributed by atoms with Crippen molar-refractivity contribution < 1.29 is 9.90 Å². The maximum Gasteiger partial charge on any atom is 0.241 e. The number of hydrogen-bond acceptors (Lipinski definition) is 6. The summed E-state index contributed by atoms with van der Waals surface area (Å²) in [5.41, 5.74) is 11.1. The van der Waals surface area contributed by atoms with E-state index in [2.05, 4.69) is 26.7 Å². The summed E-state index contributed by atoms with van der Waals surface area (Å²) in [4.78, 5) is 12.2. The van der Waals surface area contributed by atoms with E-state index in [4.69, 9.17) is 0 Å². The number of amides is 1. The average molecular weight is 339 g/mol. The number of carbonyl (C=O) groups is 1. The maximum absolute atomic E-state index is 12.2. The molecule has 1 saturated heterocycles. The first-order valence-corrected chi connectivity index (χ1v) is 8.07. The highest BCUT2D eigenvalue weighted by Crippen LogP contribution is 2.16. The zero-order valence-electron chi connectivity index (χ0n) is 13.9. The second-order valence-corrected chi connectivity index (χ2v) is 5.82. The Morgan fingerprint density at radius 2 is 1.84 bits per heavy atom. The molecular formula is C18H21N5O2. The summed E-state index contributed by atoms with van der Waals surface area (Å²) < 4.78 is 0. The molecule has 1 amide bonds. The summed E-state index contributed by atoms with van der Waals surface area (Å²) in [7, 11) is 0. The fraction of sp³-hybridized carbons (Fsp3) is 0.222. The summed E-state index contributed by atoms with van der Waals surface area (Å²) in [6.45, 7) is 1.78. The van der Waals surface area contributed by atoms with E-state index in [1.165, 1.54) is 0 Å². The number of phenolic OH excluding ortho intramolecular Hbond substituents is 1. The zero-order chi connectivity index (χ0) is 17.6. The smallest absolute Gasteiger partial charge is 0.241 e. The largest absolute Gasteiger partial charge is 0.507 e. The molecule has 0 bridgehead atoms. The standard InChI is InChI=1S/C18H21N5O2/c1-12(14-9-5-6-10-16(14)24)20-22-18-19-17(25)15(21-23-18)11-13-7-3-2-4-8-13/h2-10,15,18,21-24H,11H2,1H3,(H,19,25)/b20-12+. The van der Waals surface area contributed by atoms with Gasteiger partial charge in [0.1, 0.15) is 11.8 Å². The summed E-state index contributed by atoms with van der Waals surface area (Å²) in [6.07, 6.45) is 0.0485. The van der Waals surface area contributed by atoms with E-state index in [-0.39, 0.29) is 17.7 Å². The van der Waals surface area contributed by atoms with E-state index in [0.29, 0.717) is 17.7 Å². The first-order valence-electron chi connectivity index (χ1n) is 8.07. The van der Waals surface area contributed by atoms with Gasteiger partial charge in [0.2, 0.25) is 5.91 Å². The third kappa shape index (κ3) is 4.34. The lowest BCUT2D eigenvalue weighted by molar-refractivity contribution is -0.127. The molecule has 1 heterocycles. The molecule has 2 unspecified atom stereocenters. The Kier molecular flexibility index (Phi) is 5.27. The summed E-state index contributed by atoms with van der Waals surface area (Å²) in [5.74, 6) is 0.0442. The normalized spacial score (nSPS) is 20.8. The number of para-hydroxylation sites is 1. The van der Waals surface area contributed by atoms with Crippen molar-refractivity contribution in [3.63, 3.8) is 0 Å². The van der Waals surface area contributed by atoms with Gasteiger partial charge >= 0.3 is 0 Å². The van der Waals surface area contributed by atoms with Crippen LogP contribution in [0.2, 0.25) is 0 Å². The molecule has 0 aromatic heterocycles. The molecule has 7 nitrogen and oxygen atoms in total. The van der Waals surface area contributed by atoms with Crippen LogP contribution in [0.4, 0.5) is 0 Å². The topological polar surface area (TPSA) is 97.8 Å². The van der Waals surface area contributed by atoms with Crippen LogP contribution in [-0.2, 0) is 11.2 Å². The van der Waals surface area contributed by atoms with E-state index in [1.54, 1.807) is 25.1 Å². The van der Waals surface area contributed by atoms with E-state index < -0.39 is 6.29 Å². The predicted octanol–water partition coefficient (Wildman–Crippen LogP) is 0.825. The van der Waals surface area contributed by atoms with Gasteiger partial charge in [-0.25, -0.2) is 10.9 Å². The zero-order valence-corrected chi connectivity index (χ0v) is 13.9. The van der Waals surface area contributed by atoms with Gasteiger partial charge < -0.3 is 10.4 Å². The van der Waals surface area contributed by atoms with Crippen molar-refractivity contribution in [1.29, 1.82) is 0 Å². The van der Waals surface area contributed by atoms with Crippen molar-refractivity contribution in [1.82, 2.24) is 21.6 Å². The third-order valence-corrected chi connectivity index (χ3v) is 3.94. The lowest BCUT2D eigenvalue weighted by Gasteiger charge is -2.31. The van der Waals surface area contributed by atoms with E-state index >= 15 is 0 Å². The number of nitrogens with zero attached hydrogens (tertiary/aromatic N) is 1. The molecule has 2 atom stereocenters. The van der Waals surface area contributed by atoms with Crippen LogP contribution in [0.25, 0.3) is 0 Å². The highest BCUT2D eigenvalue weighted by molar-refractivity contribution is 6.00. The molecule has 0 spiro atoms. The minimum atomic E-state index is -0.541. The summed E-state index contributed by atoms with van der Waals surface area (Å²) >= 11 is 0. The molecule has 130 valence electrons. The molecule has 0 aliphatic carbocycles. The van der Waals surface area contributed by atoms with E-state index in [1.807, 2.05) is 36.4 Å². The highest BCUT2D eigenvalue weighted by Gasteiger charge is 2.26. The Morgan fingerprint density at radius 1 is 1.12 bits per heavy atom. The Hall–Kier alpha value is -2.90. The molecule has 0 radical (unpaired) electrons. The fourth-order valence-corrected chi connectivity index (χ4v) is 2.59. The van der Waals surface area contributed by atoms with Crippen LogP contribution >= 0.6 is 0 Å². The van der Waals surface area contributed by atoms with Crippen LogP contribution in [0.1, 0.15) is 18.1 Å². The number of hydrogen-bond donors (Lipinski definition) is 5. The summed E-state index contributed by atoms with van der Waals surface area (Å²) in [6, 6.07) is 16.4. The molecule has 1 aliphatic rings. The number of carbonyl (C=O) groups excluding carboxylic acids is 1. The van der Waals surface area contributed by atoms with Crippen LogP contribution in [0.5, 0.6) is 5.75 Å². The van der Waals surface area contributed by atoms with Crippen molar-refractivity contribution in [2.45, 2.75) is 25.7 Å². The number of nitrogens with one attached hydrogen (secondary N) is 4. The monoisotopic (exact) mass is 339 g/mol. The SMILES string of the molecule is C/C(=N\NC1NNC(Cc2ccccc2)C(=O)N1)c1ccccc1O. The molecule has 7 heteroatoms. The quantitative estimate of drug-likeness (QED) is 0.411. The number of phenols is 1. The van der Waals surface area contributed by atoms with Gasteiger partial charge in [0.25, 0.3) is 0 Å². The molecule has 0 saturated carbocycles. The van der Waals surface area contributed by atoms with Gasteiger partial charge in [-0.1, -0.05) is 42.5 Å². The highest BCUT2D eigenvalue weighted by atomic mass is 16.3. The first kappa shape index (κ1) is 16.9. The average Bonchev–Trinajstić information content (AvgIpc) is 2.63. The van der Waals surface area contributed by atoms with Gasteiger partial charge in [0.05, 0.1) is 5.71 Å². The van der Waals surface area contributed by atoms with Crippen LogP contribution < -0.4 is 21.6 Å². The van der Waals surface area contributed by atoms with Crippen LogP contribution in [-0.4, -0.2) is 29.1 Å². The Bertz CT molecular complexity index is 763. The molecule has 5 N–H and O–H groups in total. The van der Waals surface area contributed by atoms with Crippen molar-refractivity contribution in [2.75, 3.05) is 0 Å². The van der Waals surface area contributed by atoms with Crippen LogP contribution in [0.15, 0.2) is 59.7 Å². The lowest BCUT2D eigenvalue weighted by Crippen LogP contribution is -2.69. The van der Waals surface area contributed by atoms with Crippen molar-refractivity contribution >= 4 is 11.6 Å². The number of rotatable bonds is 5. The molecule has 2 aromatic rings. The van der Waals surface area contributed by atoms with E-state index in [0.717, 1.165) is 5.56 Å². The van der Waals surface area contributed by atoms with Crippen molar-refractivity contribution in [2.24, 2.45) is 5.10 Å². The fourth-order valence-electron chi connectivity index (χ4n) is 2.59. The minimum Gasteiger partial charge on any atom is -0.507 e. The van der Waals surface area contributed by atoms with Gasteiger partial charge in [-0.2, -0.15) is 5.10 Å².